The van der Waals surface area contributed by atoms with Gasteiger partial charge in [-0.15, -0.1) is 0 Å². The molecule has 1 unspecified atom stereocenters. The zero-order chi connectivity index (χ0) is 20.2. The fourth-order valence-corrected chi connectivity index (χ4v) is 3.20. The Morgan fingerprint density at radius 2 is 1.96 bits per heavy atom. The van der Waals surface area contributed by atoms with E-state index in [-0.39, 0.29) is 23.5 Å². The van der Waals surface area contributed by atoms with Gasteiger partial charge in [-0.2, -0.15) is 13.2 Å². The molecule has 4 rings (SSSR count). The predicted octanol–water partition coefficient (Wildman–Crippen LogP) is 4.07. The second-order valence-electron chi connectivity index (χ2n) is 6.79. The summed E-state index contributed by atoms with van der Waals surface area (Å²) in [5, 5.41) is 2.81. The number of ether oxygens (including phenoxy) is 1. The maximum atomic E-state index is 12.9. The summed E-state index contributed by atoms with van der Waals surface area (Å²) in [6, 6.07) is 6.84. The molecule has 0 bridgehead atoms. The van der Waals surface area contributed by atoms with Gasteiger partial charge < -0.3 is 15.0 Å². The molecule has 0 radical (unpaired) electrons. The molecule has 3 aromatic rings. The summed E-state index contributed by atoms with van der Waals surface area (Å²) in [4.78, 5) is 23.9. The summed E-state index contributed by atoms with van der Waals surface area (Å²) in [6.07, 6.45) is -6.52. The smallest absolute Gasteiger partial charge is 0.425 e. The normalized spacial score (nSPS) is 17.5. The van der Waals surface area contributed by atoms with Crippen molar-refractivity contribution in [1.82, 2.24) is 20.3 Å². The molecular formula is C19H17F3N4O2. The molecular weight excluding hydrogens is 373 g/mol. The Morgan fingerprint density at radius 3 is 2.64 bits per heavy atom. The number of halogens is 3. The number of para-hydroxylation sites is 1. The highest BCUT2D eigenvalue weighted by Gasteiger charge is 2.38. The van der Waals surface area contributed by atoms with Gasteiger partial charge in [0.25, 0.3) is 5.91 Å². The minimum Gasteiger partial charge on any atom is -0.464 e. The monoisotopic (exact) mass is 390 g/mol. The Labute approximate surface area is 158 Å². The number of carbonyl (C=O) groups is 1. The third kappa shape index (κ3) is 2.96. The van der Waals surface area contributed by atoms with Gasteiger partial charge in [0.15, 0.2) is 6.10 Å². The quantitative estimate of drug-likeness (QED) is 0.707. The van der Waals surface area contributed by atoms with Gasteiger partial charge in [-0.05, 0) is 32.9 Å². The highest BCUT2D eigenvalue weighted by Crippen LogP contribution is 2.34. The standard InChI is InChI=1S/C19H17F3N4O2/c1-8-15-12(17(27)24-8)7-14(25-15)11-5-4-6-13-16(11)26-18(9(2)23-13)28-10(3)19(20,21)22/h4-8,10,25H,1-3H3,(H,24,27)/t8-,10?/m1/s1. The number of benzene rings is 1. The summed E-state index contributed by atoms with van der Waals surface area (Å²) >= 11 is 0. The van der Waals surface area contributed by atoms with E-state index < -0.39 is 12.3 Å². The van der Waals surface area contributed by atoms with Crippen LogP contribution in [0, 0.1) is 6.92 Å². The average molecular weight is 390 g/mol. The van der Waals surface area contributed by atoms with Gasteiger partial charge in [-0.1, -0.05) is 12.1 Å². The highest BCUT2D eigenvalue weighted by atomic mass is 19.4. The molecule has 146 valence electrons. The van der Waals surface area contributed by atoms with Crippen LogP contribution >= 0.6 is 0 Å². The van der Waals surface area contributed by atoms with Crippen molar-refractivity contribution < 1.29 is 22.7 Å². The Hall–Kier alpha value is -3.10. The Morgan fingerprint density at radius 1 is 1.21 bits per heavy atom. The number of nitrogens with zero attached hydrogens (tertiary/aromatic N) is 2. The molecule has 3 heterocycles. The number of alkyl halides is 3. The third-order valence-corrected chi connectivity index (χ3v) is 4.74. The first-order chi connectivity index (χ1) is 13.1. The van der Waals surface area contributed by atoms with Gasteiger partial charge in [-0.25, -0.2) is 9.97 Å². The molecule has 1 aromatic carbocycles. The highest BCUT2D eigenvalue weighted by molar-refractivity contribution is 6.01. The van der Waals surface area contributed by atoms with Crippen LogP contribution in [0.15, 0.2) is 24.3 Å². The van der Waals surface area contributed by atoms with E-state index in [4.69, 9.17) is 4.74 Å². The molecule has 2 N–H and O–H groups in total. The molecule has 2 atom stereocenters. The van der Waals surface area contributed by atoms with Gasteiger partial charge in [0.1, 0.15) is 11.2 Å². The molecule has 0 saturated carbocycles. The van der Waals surface area contributed by atoms with Crippen molar-refractivity contribution >= 4 is 16.9 Å². The zero-order valence-corrected chi connectivity index (χ0v) is 15.3. The second-order valence-corrected chi connectivity index (χ2v) is 6.79. The van der Waals surface area contributed by atoms with Crippen LogP contribution in [0.25, 0.3) is 22.3 Å². The topological polar surface area (TPSA) is 79.9 Å². The van der Waals surface area contributed by atoms with Crippen LogP contribution < -0.4 is 10.1 Å². The van der Waals surface area contributed by atoms with Crippen molar-refractivity contribution in [3.63, 3.8) is 0 Å². The van der Waals surface area contributed by atoms with E-state index in [1.54, 1.807) is 31.2 Å². The maximum Gasteiger partial charge on any atom is 0.425 e. The van der Waals surface area contributed by atoms with Crippen LogP contribution in [0.3, 0.4) is 0 Å². The number of fused-ring (bicyclic) bond motifs is 2. The van der Waals surface area contributed by atoms with Crippen molar-refractivity contribution in [3.05, 3.63) is 41.2 Å². The molecule has 0 fully saturated rings. The van der Waals surface area contributed by atoms with Crippen LogP contribution in [-0.2, 0) is 0 Å². The number of aromatic amines is 1. The van der Waals surface area contributed by atoms with E-state index in [2.05, 4.69) is 20.3 Å². The predicted molar refractivity (Wildman–Crippen MR) is 96.1 cm³/mol. The van der Waals surface area contributed by atoms with Crippen LogP contribution in [0.4, 0.5) is 13.2 Å². The van der Waals surface area contributed by atoms with Crippen molar-refractivity contribution in [2.45, 2.75) is 39.1 Å². The summed E-state index contributed by atoms with van der Waals surface area (Å²) in [7, 11) is 0. The number of hydrogen-bond acceptors (Lipinski definition) is 4. The molecule has 6 nitrogen and oxygen atoms in total. The summed E-state index contributed by atoms with van der Waals surface area (Å²) in [5.41, 5.74) is 3.76. The lowest BCUT2D eigenvalue weighted by molar-refractivity contribution is -0.190. The molecule has 1 aliphatic rings. The number of aryl methyl sites for hydroxylation is 1. The van der Waals surface area contributed by atoms with E-state index in [1.165, 1.54) is 0 Å². The molecule has 0 spiro atoms. The van der Waals surface area contributed by atoms with Crippen LogP contribution in [-0.4, -0.2) is 33.1 Å². The Balaban J connectivity index is 1.82. The number of rotatable bonds is 3. The van der Waals surface area contributed by atoms with E-state index in [0.29, 0.717) is 27.9 Å². The lowest BCUT2D eigenvalue weighted by Gasteiger charge is -2.18. The molecule has 1 amide bonds. The lowest BCUT2D eigenvalue weighted by Crippen LogP contribution is -2.31. The fourth-order valence-electron chi connectivity index (χ4n) is 3.20. The van der Waals surface area contributed by atoms with E-state index in [9.17, 15) is 18.0 Å². The van der Waals surface area contributed by atoms with E-state index in [1.807, 2.05) is 6.92 Å². The van der Waals surface area contributed by atoms with Gasteiger partial charge in [0, 0.05) is 11.3 Å². The third-order valence-electron chi connectivity index (χ3n) is 4.74. The lowest BCUT2D eigenvalue weighted by atomic mass is 10.1. The average Bonchev–Trinajstić information content (AvgIpc) is 3.16. The SMILES string of the molecule is Cc1nc2cccc(-c3cc4c([nH]3)[C@@H](C)NC4=O)c2nc1OC(C)C(F)(F)F. The number of H-pyrrole nitrogens is 1. The summed E-state index contributed by atoms with van der Waals surface area (Å²) in [5.74, 6) is -0.342. The number of amides is 1. The first kappa shape index (κ1) is 18.3. The van der Waals surface area contributed by atoms with Crippen molar-refractivity contribution in [2.24, 2.45) is 0 Å². The second kappa shape index (κ2) is 6.22. The Kier molecular flexibility index (Phi) is 4.06. The number of nitrogens with one attached hydrogen (secondary N) is 2. The van der Waals surface area contributed by atoms with Crippen molar-refractivity contribution in [3.8, 4) is 17.1 Å². The summed E-state index contributed by atoms with van der Waals surface area (Å²) < 4.78 is 43.7. The van der Waals surface area contributed by atoms with Crippen molar-refractivity contribution in [1.29, 1.82) is 0 Å². The number of carbonyl (C=O) groups excluding carboxylic acids is 1. The Bertz CT molecular complexity index is 1090. The first-order valence-corrected chi connectivity index (χ1v) is 8.70. The summed E-state index contributed by atoms with van der Waals surface area (Å²) in [6.45, 7) is 4.33. The van der Waals surface area contributed by atoms with Gasteiger partial charge in [0.2, 0.25) is 5.88 Å². The fraction of sp³-hybridized carbons (Fsp3) is 0.316. The molecule has 28 heavy (non-hydrogen) atoms. The zero-order valence-electron chi connectivity index (χ0n) is 15.3. The molecule has 1 aliphatic heterocycles. The van der Waals surface area contributed by atoms with Crippen molar-refractivity contribution in [2.75, 3.05) is 0 Å². The minimum atomic E-state index is -4.51. The number of aromatic nitrogens is 3. The van der Waals surface area contributed by atoms with E-state index in [0.717, 1.165) is 12.6 Å². The number of hydrogen-bond donors (Lipinski definition) is 2. The van der Waals surface area contributed by atoms with Crippen LogP contribution in [0.2, 0.25) is 0 Å². The van der Waals surface area contributed by atoms with Gasteiger partial charge in [0.05, 0.1) is 22.8 Å². The van der Waals surface area contributed by atoms with Crippen LogP contribution in [0.5, 0.6) is 5.88 Å². The van der Waals surface area contributed by atoms with Gasteiger partial charge >= 0.3 is 6.18 Å². The molecule has 0 saturated heterocycles. The first-order valence-electron chi connectivity index (χ1n) is 8.70. The molecule has 0 aliphatic carbocycles. The minimum absolute atomic E-state index is 0.147. The van der Waals surface area contributed by atoms with Gasteiger partial charge in [-0.3, -0.25) is 4.79 Å². The van der Waals surface area contributed by atoms with E-state index >= 15 is 0 Å². The molecule has 9 heteroatoms. The van der Waals surface area contributed by atoms with Crippen LogP contribution in [0.1, 0.15) is 41.6 Å². The largest absolute Gasteiger partial charge is 0.464 e. The molecule has 2 aromatic heterocycles. The maximum absolute atomic E-state index is 12.9.